The molecular formula is C9H16F3NO2S. The molecule has 1 N–H and O–H groups in total. The first-order valence-electron chi connectivity index (χ1n) is 5.35. The van der Waals surface area contributed by atoms with Crippen molar-refractivity contribution in [2.75, 3.05) is 5.75 Å². The predicted molar refractivity (Wildman–Crippen MR) is 54.5 cm³/mol. The van der Waals surface area contributed by atoms with Gasteiger partial charge in [0.1, 0.15) is 0 Å². The van der Waals surface area contributed by atoms with Gasteiger partial charge >= 0.3 is 6.18 Å². The lowest BCUT2D eigenvalue weighted by atomic mass is 10.3. The summed E-state index contributed by atoms with van der Waals surface area (Å²) < 4.78 is 60.7. The van der Waals surface area contributed by atoms with Gasteiger partial charge in [-0.2, -0.15) is 13.2 Å². The summed E-state index contributed by atoms with van der Waals surface area (Å²) in [6.45, 7) is 0. The Labute approximate surface area is 93.5 Å². The molecule has 0 aromatic carbocycles. The van der Waals surface area contributed by atoms with Gasteiger partial charge in [0.2, 0.25) is 10.0 Å². The van der Waals surface area contributed by atoms with E-state index >= 15 is 0 Å². The average Bonchev–Trinajstić information content (AvgIpc) is 2.52. The van der Waals surface area contributed by atoms with E-state index in [4.69, 9.17) is 0 Å². The van der Waals surface area contributed by atoms with E-state index < -0.39 is 28.4 Å². The van der Waals surface area contributed by atoms with Crippen molar-refractivity contribution in [2.45, 2.75) is 50.7 Å². The number of alkyl halides is 3. The van der Waals surface area contributed by atoms with Crippen molar-refractivity contribution in [2.24, 2.45) is 0 Å². The van der Waals surface area contributed by atoms with Crippen LogP contribution in [-0.2, 0) is 10.0 Å². The third kappa shape index (κ3) is 5.69. The third-order valence-corrected chi connectivity index (χ3v) is 4.09. The Morgan fingerprint density at radius 3 is 2.25 bits per heavy atom. The Bertz CT molecular complexity index is 307. The van der Waals surface area contributed by atoms with E-state index in [1.807, 2.05) is 0 Å². The standard InChI is InChI=1S/C9H16F3NO2S/c10-9(11,12)6-3-7-16(14,15)13-8-4-1-2-5-8/h8,13H,1-7H2. The van der Waals surface area contributed by atoms with Gasteiger partial charge in [-0.05, 0) is 19.3 Å². The molecule has 0 aromatic rings. The second-order valence-corrected chi connectivity index (χ2v) is 6.01. The molecular weight excluding hydrogens is 243 g/mol. The van der Waals surface area contributed by atoms with Crippen LogP contribution < -0.4 is 4.72 Å². The van der Waals surface area contributed by atoms with E-state index in [9.17, 15) is 21.6 Å². The summed E-state index contributed by atoms with van der Waals surface area (Å²) in [4.78, 5) is 0. The van der Waals surface area contributed by atoms with Crippen molar-refractivity contribution >= 4 is 10.0 Å². The SMILES string of the molecule is O=S(=O)(CCCC(F)(F)F)NC1CCCC1. The van der Waals surface area contributed by atoms with Crippen LogP contribution >= 0.6 is 0 Å². The molecule has 0 bridgehead atoms. The highest BCUT2D eigenvalue weighted by Crippen LogP contribution is 2.22. The van der Waals surface area contributed by atoms with E-state index in [-0.39, 0.29) is 12.5 Å². The fraction of sp³-hybridized carbons (Fsp3) is 1.00. The van der Waals surface area contributed by atoms with Gasteiger partial charge in [-0.3, -0.25) is 0 Å². The van der Waals surface area contributed by atoms with Crippen molar-refractivity contribution in [1.29, 1.82) is 0 Å². The minimum Gasteiger partial charge on any atom is -0.212 e. The molecule has 96 valence electrons. The first kappa shape index (κ1) is 13.8. The summed E-state index contributed by atoms with van der Waals surface area (Å²) in [6, 6.07) is -0.0733. The average molecular weight is 259 g/mol. The van der Waals surface area contributed by atoms with Gasteiger partial charge < -0.3 is 0 Å². The Hall–Kier alpha value is -0.300. The summed E-state index contributed by atoms with van der Waals surface area (Å²) in [5, 5.41) is 0. The minimum atomic E-state index is -4.27. The van der Waals surface area contributed by atoms with Crippen molar-refractivity contribution in [3.8, 4) is 0 Å². The maximum Gasteiger partial charge on any atom is 0.389 e. The Kier molecular flexibility index (Phi) is 4.61. The Balaban J connectivity index is 2.28. The second kappa shape index (κ2) is 5.35. The van der Waals surface area contributed by atoms with E-state index in [1.54, 1.807) is 0 Å². The van der Waals surface area contributed by atoms with Gasteiger partial charge in [0.05, 0.1) is 5.75 Å². The van der Waals surface area contributed by atoms with Crippen LogP contribution in [0.3, 0.4) is 0 Å². The molecule has 1 saturated carbocycles. The van der Waals surface area contributed by atoms with Crippen LogP contribution in [0.1, 0.15) is 38.5 Å². The zero-order valence-electron chi connectivity index (χ0n) is 8.89. The van der Waals surface area contributed by atoms with Gasteiger partial charge in [0.25, 0.3) is 0 Å². The van der Waals surface area contributed by atoms with Crippen LogP contribution in [0.25, 0.3) is 0 Å². The fourth-order valence-corrected chi connectivity index (χ4v) is 3.20. The van der Waals surface area contributed by atoms with E-state index in [0.717, 1.165) is 25.7 Å². The van der Waals surface area contributed by atoms with Gasteiger partial charge in [0, 0.05) is 12.5 Å². The molecule has 1 fully saturated rings. The monoisotopic (exact) mass is 259 g/mol. The van der Waals surface area contributed by atoms with Gasteiger partial charge in [-0.25, -0.2) is 13.1 Å². The number of rotatable bonds is 5. The molecule has 0 spiro atoms. The normalized spacial score (nSPS) is 19.2. The van der Waals surface area contributed by atoms with Crippen LogP contribution in [0.2, 0.25) is 0 Å². The maximum absolute atomic E-state index is 11.8. The van der Waals surface area contributed by atoms with Crippen LogP contribution in [0, 0.1) is 0 Å². The smallest absolute Gasteiger partial charge is 0.212 e. The zero-order valence-corrected chi connectivity index (χ0v) is 9.70. The summed E-state index contributed by atoms with van der Waals surface area (Å²) in [6.07, 6.45) is -2.14. The number of halogens is 3. The number of sulfonamides is 1. The summed E-state index contributed by atoms with van der Waals surface area (Å²) in [5.74, 6) is -0.441. The third-order valence-electron chi connectivity index (χ3n) is 2.57. The van der Waals surface area contributed by atoms with Crippen molar-refractivity contribution in [1.82, 2.24) is 4.72 Å². The molecule has 16 heavy (non-hydrogen) atoms. The lowest BCUT2D eigenvalue weighted by molar-refractivity contribution is -0.134. The molecule has 3 nitrogen and oxygen atoms in total. The van der Waals surface area contributed by atoms with Crippen LogP contribution in [0.15, 0.2) is 0 Å². The van der Waals surface area contributed by atoms with Gasteiger partial charge in [-0.1, -0.05) is 12.8 Å². The summed E-state index contributed by atoms with van der Waals surface area (Å²) >= 11 is 0. The molecule has 7 heteroatoms. The van der Waals surface area contributed by atoms with Crippen molar-refractivity contribution in [3.05, 3.63) is 0 Å². The number of hydrogen-bond donors (Lipinski definition) is 1. The molecule has 0 atom stereocenters. The lowest BCUT2D eigenvalue weighted by Crippen LogP contribution is -2.34. The Morgan fingerprint density at radius 1 is 1.19 bits per heavy atom. The largest absolute Gasteiger partial charge is 0.389 e. The van der Waals surface area contributed by atoms with Gasteiger partial charge in [0.15, 0.2) is 0 Å². The number of hydrogen-bond acceptors (Lipinski definition) is 2. The Morgan fingerprint density at radius 2 is 1.75 bits per heavy atom. The molecule has 1 rings (SSSR count). The fourth-order valence-electron chi connectivity index (χ4n) is 1.82. The summed E-state index contributed by atoms with van der Waals surface area (Å²) in [5.41, 5.74) is 0. The van der Waals surface area contributed by atoms with Crippen LogP contribution in [0.4, 0.5) is 13.2 Å². The number of nitrogens with one attached hydrogen (secondary N) is 1. The predicted octanol–water partition coefficient (Wildman–Crippen LogP) is 2.19. The second-order valence-electron chi connectivity index (χ2n) is 4.14. The molecule has 1 aliphatic carbocycles. The molecule has 0 heterocycles. The highest BCUT2D eigenvalue weighted by atomic mass is 32.2. The first-order valence-corrected chi connectivity index (χ1v) is 7.00. The topological polar surface area (TPSA) is 46.2 Å². The zero-order chi connectivity index (χ0) is 12.2. The molecule has 0 amide bonds. The molecule has 0 unspecified atom stereocenters. The molecule has 0 aliphatic heterocycles. The summed E-state index contributed by atoms with van der Waals surface area (Å²) in [7, 11) is -3.54. The van der Waals surface area contributed by atoms with Crippen LogP contribution in [0.5, 0.6) is 0 Å². The van der Waals surface area contributed by atoms with Crippen molar-refractivity contribution in [3.63, 3.8) is 0 Å². The highest BCUT2D eigenvalue weighted by Gasteiger charge is 2.28. The van der Waals surface area contributed by atoms with E-state index in [2.05, 4.69) is 4.72 Å². The molecule has 0 saturated heterocycles. The maximum atomic E-state index is 11.8. The van der Waals surface area contributed by atoms with Crippen LogP contribution in [-0.4, -0.2) is 26.4 Å². The quantitative estimate of drug-likeness (QED) is 0.822. The van der Waals surface area contributed by atoms with Gasteiger partial charge in [-0.15, -0.1) is 0 Å². The minimum absolute atomic E-state index is 0.0733. The van der Waals surface area contributed by atoms with Crippen molar-refractivity contribution < 1.29 is 21.6 Å². The molecule has 0 aromatic heterocycles. The lowest BCUT2D eigenvalue weighted by Gasteiger charge is -2.12. The highest BCUT2D eigenvalue weighted by molar-refractivity contribution is 7.89. The molecule has 0 radical (unpaired) electrons. The van der Waals surface area contributed by atoms with E-state index in [0.29, 0.717) is 0 Å². The molecule has 1 aliphatic rings. The first-order chi connectivity index (χ1) is 7.29. The van der Waals surface area contributed by atoms with E-state index in [1.165, 1.54) is 0 Å².